The van der Waals surface area contributed by atoms with Gasteiger partial charge in [0.1, 0.15) is 11.3 Å². The van der Waals surface area contributed by atoms with Crippen LogP contribution in [0.5, 0.6) is 5.75 Å². The zero-order valence-corrected chi connectivity index (χ0v) is 15.7. The summed E-state index contributed by atoms with van der Waals surface area (Å²) >= 11 is 5.85. The van der Waals surface area contributed by atoms with E-state index in [4.69, 9.17) is 16.3 Å². The summed E-state index contributed by atoms with van der Waals surface area (Å²) in [5.74, 6) is 0.602. The van der Waals surface area contributed by atoms with Crippen LogP contribution in [0.1, 0.15) is 24.0 Å². The lowest BCUT2D eigenvalue weighted by atomic mass is 9.78. The number of rotatable bonds is 5. The van der Waals surface area contributed by atoms with Gasteiger partial charge in [0.15, 0.2) is 0 Å². The number of urea groups is 1. The number of hydrogen-bond acceptors (Lipinski definition) is 3. The molecular weight excluding hydrogens is 364 g/mol. The van der Waals surface area contributed by atoms with Gasteiger partial charge in [0.25, 0.3) is 5.91 Å². The lowest BCUT2D eigenvalue weighted by Crippen LogP contribution is -2.51. The molecule has 2 aromatic rings. The van der Waals surface area contributed by atoms with Crippen LogP contribution in [0.4, 0.5) is 4.79 Å². The molecule has 4 rings (SSSR count). The topological polar surface area (TPSA) is 58.6 Å². The third-order valence-electron chi connectivity index (χ3n) is 5.29. The fourth-order valence-corrected chi connectivity index (χ4v) is 3.97. The monoisotopic (exact) mass is 384 g/mol. The minimum Gasteiger partial charge on any atom is -0.494 e. The van der Waals surface area contributed by atoms with Gasteiger partial charge < -0.3 is 10.1 Å². The van der Waals surface area contributed by atoms with E-state index >= 15 is 0 Å². The summed E-state index contributed by atoms with van der Waals surface area (Å²) < 4.78 is 5.65. The number of aryl methyl sites for hydroxylation is 1. The largest absolute Gasteiger partial charge is 0.494 e. The van der Waals surface area contributed by atoms with E-state index in [0.29, 0.717) is 37.4 Å². The summed E-state index contributed by atoms with van der Waals surface area (Å²) in [6, 6.07) is 14.9. The van der Waals surface area contributed by atoms with Gasteiger partial charge in [0.2, 0.25) is 0 Å². The highest BCUT2D eigenvalue weighted by Crippen LogP contribution is 2.33. The van der Waals surface area contributed by atoms with Crippen molar-refractivity contribution >= 4 is 23.5 Å². The molecule has 1 heterocycles. The molecule has 6 heteroatoms. The maximum Gasteiger partial charge on any atom is 0.325 e. The summed E-state index contributed by atoms with van der Waals surface area (Å²) in [4.78, 5) is 26.7. The summed E-state index contributed by atoms with van der Waals surface area (Å²) in [5, 5.41) is 3.61. The van der Waals surface area contributed by atoms with Gasteiger partial charge >= 0.3 is 6.03 Å². The van der Waals surface area contributed by atoms with Gasteiger partial charge in [-0.05, 0) is 54.7 Å². The van der Waals surface area contributed by atoms with Crippen LogP contribution in [0.3, 0.4) is 0 Å². The molecule has 0 radical (unpaired) electrons. The van der Waals surface area contributed by atoms with Crippen molar-refractivity contribution in [1.82, 2.24) is 10.2 Å². The highest BCUT2D eigenvalue weighted by molar-refractivity contribution is 6.30. The molecule has 2 aromatic carbocycles. The van der Waals surface area contributed by atoms with Crippen LogP contribution in [0.15, 0.2) is 48.5 Å². The molecule has 1 atom stereocenters. The number of fused-ring (bicyclic) bond motifs is 1. The summed E-state index contributed by atoms with van der Waals surface area (Å²) in [6.45, 7) is 0.774. The summed E-state index contributed by atoms with van der Waals surface area (Å²) in [7, 11) is 0. The number of imide groups is 1. The van der Waals surface area contributed by atoms with Gasteiger partial charge in [-0.2, -0.15) is 0 Å². The van der Waals surface area contributed by atoms with Crippen molar-refractivity contribution in [1.29, 1.82) is 0 Å². The quantitative estimate of drug-likeness (QED) is 0.633. The molecule has 27 heavy (non-hydrogen) atoms. The highest BCUT2D eigenvalue weighted by Gasteiger charge is 2.51. The van der Waals surface area contributed by atoms with E-state index in [9.17, 15) is 9.59 Å². The van der Waals surface area contributed by atoms with Crippen molar-refractivity contribution in [2.24, 2.45) is 0 Å². The number of ether oxygens (including phenoxy) is 1. The van der Waals surface area contributed by atoms with Gasteiger partial charge in [-0.25, -0.2) is 4.79 Å². The number of hydrogen-bond donors (Lipinski definition) is 1. The normalized spacial score (nSPS) is 21.3. The summed E-state index contributed by atoms with van der Waals surface area (Å²) in [5.41, 5.74) is 1.62. The van der Waals surface area contributed by atoms with Gasteiger partial charge in [0, 0.05) is 18.0 Å². The number of nitrogens with one attached hydrogen (secondary N) is 1. The number of benzene rings is 2. The minimum atomic E-state index is -0.789. The first-order valence-corrected chi connectivity index (χ1v) is 9.54. The Balaban J connectivity index is 1.35. The van der Waals surface area contributed by atoms with E-state index < -0.39 is 5.54 Å². The van der Waals surface area contributed by atoms with Crippen molar-refractivity contribution in [2.45, 2.75) is 31.2 Å². The predicted octanol–water partition coefficient (Wildman–Crippen LogP) is 3.59. The number of nitrogens with zero attached hydrogens (tertiary/aromatic N) is 1. The molecule has 0 bridgehead atoms. The zero-order chi connectivity index (χ0) is 18.9. The molecule has 3 amide bonds. The number of amides is 3. The molecule has 5 nitrogen and oxygen atoms in total. The van der Waals surface area contributed by atoms with Gasteiger partial charge in [-0.3, -0.25) is 9.69 Å². The minimum absolute atomic E-state index is 0.117. The Morgan fingerprint density at radius 1 is 1.07 bits per heavy atom. The van der Waals surface area contributed by atoms with Crippen LogP contribution in [0.2, 0.25) is 5.02 Å². The Morgan fingerprint density at radius 2 is 1.81 bits per heavy atom. The van der Waals surface area contributed by atoms with E-state index in [1.54, 1.807) is 24.3 Å². The van der Waals surface area contributed by atoms with E-state index in [1.165, 1.54) is 10.5 Å². The average molecular weight is 385 g/mol. The Kier molecular flexibility index (Phi) is 4.79. The molecular formula is C21H21ClN2O3. The lowest BCUT2D eigenvalue weighted by molar-refractivity contribution is -0.131. The van der Waals surface area contributed by atoms with Crippen molar-refractivity contribution in [3.63, 3.8) is 0 Å². The predicted molar refractivity (Wildman–Crippen MR) is 103 cm³/mol. The molecule has 0 aromatic heterocycles. The first-order chi connectivity index (χ1) is 13.1. The molecule has 1 fully saturated rings. The molecule has 0 saturated carbocycles. The van der Waals surface area contributed by atoms with Gasteiger partial charge in [-0.15, -0.1) is 0 Å². The molecule has 1 aliphatic carbocycles. The fourth-order valence-electron chi connectivity index (χ4n) is 3.85. The van der Waals surface area contributed by atoms with Gasteiger partial charge in [-0.1, -0.05) is 35.9 Å². The smallest absolute Gasteiger partial charge is 0.325 e. The van der Waals surface area contributed by atoms with E-state index in [2.05, 4.69) is 11.4 Å². The van der Waals surface area contributed by atoms with Crippen molar-refractivity contribution in [3.05, 3.63) is 64.7 Å². The molecule has 1 unspecified atom stereocenters. The Hall–Kier alpha value is -2.53. The average Bonchev–Trinajstić information content (AvgIpc) is 2.90. The number of halogens is 1. The van der Waals surface area contributed by atoms with Crippen molar-refractivity contribution < 1.29 is 14.3 Å². The maximum absolute atomic E-state index is 13.0. The maximum atomic E-state index is 13.0. The zero-order valence-electron chi connectivity index (χ0n) is 14.9. The van der Waals surface area contributed by atoms with Crippen molar-refractivity contribution in [2.75, 3.05) is 13.2 Å². The SMILES string of the molecule is O=C1NC2(CCc3ccccc3C2)C(=O)N1CCCOc1ccc(Cl)cc1. The van der Waals surface area contributed by atoms with Crippen molar-refractivity contribution in [3.8, 4) is 5.75 Å². The second-order valence-electron chi connectivity index (χ2n) is 7.07. The van der Waals surface area contributed by atoms with Crippen LogP contribution in [-0.2, 0) is 17.6 Å². The lowest BCUT2D eigenvalue weighted by Gasteiger charge is -2.32. The second-order valence-corrected chi connectivity index (χ2v) is 7.51. The standard InChI is InChI=1S/C21H21ClN2O3/c22-17-6-8-18(9-7-17)27-13-3-12-24-19(25)21(23-20(24)26)11-10-15-4-1-2-5-16(15)14-21/h1-2,4-9H,3,10-14H2,(H,23,26). The molecule has 140 valence electrons. The number of carbonyl (C=O) groups is 2. The van der Waals surface area contributed by atoms with Crippen LogP contribution < -0.4 is 10.1 Å². The van der Waals surface area contributed by atoms with Gasteiger partial charge in [0.05, 0.1) is 6.61 Å². The van der Waals surface area contributed by atoms with Crippen LogP contribution >= 0.6 is 11.6 Å². The first-order valence-electron chi connectivity index (χ1n) is 9.17. The van der Waals surface area contributed by atoms with E-state index in [1.807, 2.05) is 18.2 Å². The Labute approximate surface area is 163 Å². The van der Waals surface area contributed by atoms with Crippen LogP contribution in [0.25, 0.3) is 0 Å². The molecule has 1 N–H and O–H groups in total. The molecule has 2 aliphatic rings. The Morgan fingerprint density at radius 3 is 2.59 bits per heavy atom. The first kappa shape index (κ1) is 17.9. The van der Waals surface area contributed by atoms with Crippen LogP contribution in [0, 0.1) is 0 Å². The molecule has 1 aliphatic heterocycles. The third kappa shape index (κ3) is 3.52. The molecule has 1 saturated heterocycles. The van der Waals surface area contributed by atoms with E-state index in [0.717, 1.165) is 17.7 Å². The van der Waals surface area contributed by atoms with Crippen LogP contribution in [-0.4, -0.2) is 35.5 Å². The Bertz CT molecular complexity index is 868. The third-order valence-corrected chi connectivity index (χ3v) is 5.54. The highest BCUT2D eigenvalue weighted by atomic mass is 35.5. The summed E-state index contributed by atoms with van der Waals surface area (Å²) in [6.07, 6.45) is 2.59. The molecule has 1 spiro atoms. The number of carbonyl (C=O) groups excluding carboxylic acids is 2. The van der Waals surface area contributed by atoms with E-state index in [-0.39, 0.29) is 11.9 Å². The fraction of sp³-hybridized carbons (Fsp3) is 0.333. The second kappa shape index (κ2) is 7.24.